The van der Waals surface area contributed by atoms with Crippen LogP contribution >= 0.6 is 0 Å². The van der Waals surface area contributed by atoms with Gasteiger partial charge in [0.2, 0.25) is 0 Å². The van der Waals surface area contributed by atoms with E-state index in [0.717, 1.165) is 6.07 Å². The number of nitrogens with one attached hydrogen (secondary N) is 1. The summed E-state index contributed by atoms with van der Waals surface area (Å²) in [5.74, 6) is -2.09. The molecule has 1 heterocycles. The first-order valence-electron chi connectivity index (χ1n) is 9.53. The highest BCUT2D eigenvalue weighted by atomic mass is 19.4. The summed E-state index contributed by atoms with van der Waals surface area (Å²) in [7, 11) is 0. The van der Waals surface area contributed by atoms with Crippen LogP contribution in [-0.2, 0) is 20.5 Å². The van der Waals surface area contributed by atoms with Crippen LogP contribution in [0.1, 0.15) is 57.6 Å². The Morgan fingerprint density at radius 3 is 2.52 bits per heavy atom. The molecule has 1 N–H and O–H groups in total. The van der Waals surface area contributed by atoms with Gasteiger partial charge in [-0.25, -0.2) is 4.79 Å². The van der Waals surface area contributed by atoms with Crippen molar-refractivity contribution in [3.63, 3.8) is 0 Å². The normalized spacial score (nSPS) is 21.6. The first-order chi connectivity index (χ1) is 13.5. The summed E-state index contributed by atoms with van der Waals surface area (Å²) in [6.07, 6.45) is -3.91. The van der Waals surface area contributed by atoms with Gasteiger partial charge in [-0.2, -0.15) is 13.2 Å². The van der Waals surface area contributed by atoms with Gasteiger partial charge in [0.15, 0.2) is 5.78 Å². The molecule has 2 aliphatic rings. The molecule has 0 saturated carbocycles. The zero-order valence-corrected chi connectivity index (χ0v) is 16.9. The molecule has 1 aromatic rings. The fraction of sp³-hybridized carbons (Fsp3) is 0.455. The third kappa shape index (κ3) is 3.95. The van der Waals surface area contributed by atoms with E-state index in [9.17, 15) is 22.8 Å². The summed E-state index contributed by atoms with van der Waals surface area (Å²) in [6, 6.07) is 5.10. The monoisotopic (exact) mass is 407 g/mol. The first-order valence-corrected chi connectivity index (χ1v) is 9.53. The largest absolute Gasteiger partial charge is 0.463 e. The maximum atomic E-state index is 13.8. The Balaban J connectivity index is 2.28. The van der Waals surface area contributed by atoms with Crippen molar-refractivity contribution >= 4 is 11.8 Å². The SMILES string of the molecule is CCOC(=O)C1=C(C)NC2=C(C(=O)CC(C)(C)C2)[C@H]1c1ccccc1C(F)(F)F. The van der Waals surface area contributed by atoms with Crippen LogP contribution in [0.2, 0.25) is 0 Å². The van der Waals surface area contributed by atoms with E-state index >= 15 is 0 Å². The number of allylic oxidation sites excluding steroid dienone is 3. The molecular weight excluding hydrogens is 383 g/mol. The number of carbonyl (C=O) groups is 2. The van der Waals surface area contributed by atoms with Crippen molar-refractivity contribution in [3.8, 4) is 0 Å². The fourth-order valence-corrected chi connectivity index (χ4v) is 4.23. The number of halogens is 3. The summed E-state index contributed by atoms with van der Waals surface area (Å²) in [4.78, 5) is 25.8. The second-order valence-electron chi connectivity index (χ2n) is 8.24. The van der Waals surface area contributed by atoms with Crippen molar-refractivity contribution in [1.82, 2.24) is 5.32 Å². The highest BCUT2D eigenvalue weighted by Gasteiger charge is 2.46. The maximum Gasteiger partial charge on any atom is 0.416 e. The molecule has 1 aliphatic carbocycles. The number of Topliss-reactive ketones (excluding diaryl/α,β-unsaturated/α-hetero) is 1. The van der Waals surface area contributed by atoms with Gasteiger partial charge in [-0.05, 0) is 37.3 Å². The van der Waals surface area contributed by atoms with Gasteiger partial charge in [0.25, 0.3) is 0 Å². The topological polar surface area (TPSA) is 55.4 Å². The van der Waals surface area contributed by atoms with Crippen molar-refractivity contribution in [3.05, 3.63) is 57.9 Å². The lowest BCUT2D eigenvalue weighted by Crippen LogP contribution is -2.39. The number of rotatable bonds is 3. The third-order valence-electron chi connectivity index (χ3n) is 5.31. The third-order valence-corrected chi connectivity index (χ3v) is 5.31. The molecule has 0 aromatic heterocycles. The Bertz CT molecular complexity index is 925. The van der Waals surface area contributed by atoms with Gasteiger partial charge in [0.05, 0.1) is 17.7 Å². The van der Waals surface area contributed by atoms with Crippen LogP contribution in [-0.4, -0.2) is 18.4 Å². The summed E-state index contributed by atoms with van der Waals surface area (Å²) < 4.78 is 46.4. The molecule has 1 aliphatic heterocycles. The number of hydrogen-bond acceptors (Lipinski definition) is 4. The van der Waals surface area contributed by atoms with Crippen LogP contribution < -0.4 is 5.32 Å². The molecule has 0 amide bonds. The van der Waals surface area contributed by atoms with E-state index < -0.39 is 23.6 Å². The predicted octanol–water partition coefficient (Wildman–Crippen LogP) is 4.87. The van der Waals surface area contributed by atoms with Crippen molar-refractivity contribution in [2.24, 2.45) is 5.41 Å². The number of carbonyl (C=O) groups excluding carboxylic acids is 2. The minimum Gasteiger partial charge on any atom is -0.463 e. The molecule has 1 aromatic carbocycles. The van der Waals surface area contributed by atoms with Gasteiger partial charge in [-0.1, -0.05) is 32.0 Å². The van der Waals surface area contributed by atoms with E-state index in [4.69, 9.17) is 4.74 Å². The molecule has 156 valence electrons. The molecule has 0 fully saturated rings. The van der Waals surface area contributed by atoms with Gasteiger partial charge in [-0.3, -0.25) is 4.79 Å². The molecule has 7 heteroatoms. The molecule has 0 bridgehead atoms. The molecule has 0 unspecified atom stereocenters. The Hall–Kier alpha value is -2.57. The fourth-order valence-electron chi connectivity index (χ4n) is 4.23. The summed E-state index contributed by atoms with van der Waals surface area (Å²) >= 11 is 0. The zero-order chi connectivity index (χ0) is 21.6. The van der Waals surface area contributed by atoms with Gasteiger partial charge >= 0.3 is 12.1 Å². The number of ether oxygens (including phenoxy) is 1. The smallest absolute Gasteiger partial charge is 0.416 e. The molecule has 1 atom stereocenters. The molecule has 0 saturated heterocycles. The lowest BCUT2D eigenvalue weighted by atomic mass is 9.68. The second kappa shape index (κ2) is 7.35. The molecule has 0 radical (unpaired) electrons. The van der Waals surface area contributed by atoms with Crippen molar-refractivity contribution in [1.29, 1.82) is 0 Å². The molecular formula is C22H24F3NO3. The minimum atomic E-state index is -4.62. The Morgan fingerprint density at radius 1 is 1.24 bits per heavy atom. The number of hydrogen-bond donors (Lipinski definition) is 1. The lowest BCUT2D eigenvalue weighted by molar-refractivity contribution is -0.140. The first kappa shape index (κ1) is 21.1. The van der Waals surface area contributed by atoms with Crippen LogP contribution in [0, 0.1) is 5.41 Å². The summed E-state index contributed by atoms with van der Waals surface area (Å²) in [6.45, 7) is 7.22. The van der Waals surface area contributed by atoms with Crippen LogP contribution in [0.4, 0.5) is 13.2 Å². The molecule has 29 heavy (non-hydrogen) atoms. The highest BCUT2D eigenvalue weighted by molar-refractivity contribution is 6.04. The number of dihydropyridines is 1. The minimum absolute atomic E-state index is 0.0513. The molecule has 4 nitrogen and oxygen atoms in total. The number of alkyl halides is 3. The van der Waals surface area contributed by atoms with E-state index in [1.807, 2.05) is 13.8 Å². The Labute approximate surface area is 167 Å². The van der Waals surface area contributed by atoms with E-state index in [2.05, 4.69) is 5.32 Å². The standard InChI is InChI=1S/C22H24F3NO3/c1-5-29-20(28)17-12(2)26-15-10-21(3,4)11-16(27)19(15)18(17)13-8-6-7-9-14(13)22(23,24)25/h6-9,18,26H,5,10-11H2,1-4H3/t18-/m0/s1. The Morgan fingerprint density at radius 2 is 1.90 bits per heavy atom. The summed E-state index contributed by atoms with van der Waals surface area (Å²) in [5, 5.41) is 3.11. The van der Waals surface area contributed by atoms with Gasteiger partial charge in [0, 0.05) is 29.3 Å². The molecule has 0 spiro atoms. The molecule has 3 rings (SSSR count). The Kier molecular flexibility index (Phi) is 5.36. The number of esters is 1. The van der Waals surface area contributed by atoms with Crippen LogP contribution in [0.25, 0.3) is 0 Å². The average Bonchev–Trinajstić information content (AvgIpc) is 2.58. The van der Waals surface area contributed by atoms with Gasteiger partial charge in [-0.15, -0.1) is 0 Å². The number of benzene rings is 1. The lowest BCUT2D eigenvalue weighted by Gasteiger charge is -2.39. The van der Waals surface area contributed by atoms with Gasteiger partial charge in [0.1, 0.15) is 0 Å². The maximum absolute atomic E-state index is 13.8. The van der Waals surface area contributed by atoms with E-state index in [0.29, 0.717) is 17.8 Å². The van der Waals surface area contributed by atoms with Crippen LogP contribution in [0.5, 0.6) is 0 Å². The van der Waals surface area contributed by atoms with E-state index in [1.165, 1.54) is 18.2 Å². The van der Waals surface area contributed by atoms with Crippen LogP contribution in [0.15, 0.2) is 46.8 Å². The van der Waals surface area contributed by atoms with Crippen molar-refractivity contribution in [2.45, 2.75) is 52.6 Å². The van der Waals surface area contributed by atoms with Gasteiger partial charge < -0.3 is 10.1 Å². The number of ketones is 1. The second-order valence-corrected chi connectivity index (χ2v) is 8.24. The van der Waals surface area contributed by atoms with Crippen molar-refractivity contribution < 1.29 is 27.5 Å². The van der Waals surface area contributed by atoms with Crippen LogP contribution in [0.3, 0.4) is 0 Å². The predicted molar refractivity (Wildman–Crippen MR) is 102 cm³/mol. The van der Waals surface area contributed by atoms with E-state index in [1.54, 1.807) is 13.8 Å². The zero-order valence-electron chi connectivity index (χ0n) is 16.9. The average molecular weight is 407 g/mol. The highest BCUT2D eigenvalue weighted by Crippen LogP contribution is 2.49. The quantitative estimate of drug-likeness (QED) is 0.726. The summed E-state index contributed by atoms with van der Waals surface area (Å²) in [5.41, 5.74) is -0.00689. The van der Waals surface area contributed by atoms with E-state index in [-0.39, 0.29) is 40.9 Å². The van der Waals surface area contributed by atoms with Crippen molar-refractivity contribution in [2.75, 3.05) is 6.61 Å².